The third kappa shape index (κ3) is 2.29. The second kappa shape index (κ2) is 4.97. The first kappa shape index (κ1) is 14.0. The quantitative estimate of drug-likeness (QED) is 0.931. The second-order valence-electron chi connectivity index (χ2n) is 7.95. The van der Waals surface area contributed by atoms with Crippen molar-refractivity contribution in [3.05, 3.63) is 18.3 Å². The fourth-order valence-corrected chi connectivity index (χ4v) is 5.38. The van der Waals surface area contributed by atoms with Gasteiger partial charge in [-0.2, -0.15) is 0 Å². The van der Waals surface area contributed by atoms with Gasteiger partial charge in [0, 0.05) is 14.1 Å². The van der Waals surface area contributed by atoms with Crippen LogP contribution in [0.2, 0.25) is 0 Å². The summed E-state index contributed by atoms with van der Waals surface area (Å²) in [6, 6.07) is 3.91. The summed E-state index contributed by atoms with van der Waals surface area (Å²) in [6.07, 6.45) is 9.19. The van der Waals surface area contributed by atoms with Gasteiger partial charge in [0.05, 0.1) is 17.3 Å². The number of hydrogen-bond donors (Lipinski definition) is 1. The zero-order valence-corrected chi connectivity index (χ0v) is 13.5. The lowest BCUT2D eigenvalue weighted by molar-refractivity contribution is -0.140. The van der Waals surface area contributed by atoms with Crippen LogP contribution in [0.5, 0.6) is 0 Å². The average molecular weight is 299 g/mol. The molecule has 0 spiro atoms. The number of anilines is 2. The van der Waals surface area contributed by atoms with Crippen LogP contribution in [-0.4, -0.2) is 25.0 Å². The van der Waals surface area contributed by atoms with E-state index in [2.05, 4.69) is 10.3 Å². The number of nitrogens with one attached hydrogen (secondary N) is 1. The highest BCUT2D eigenvalue weighted by atomic mass is 16.2. The lowest BCUT2D eigenvalue weighted by atomic mass is 9.49. The van der Waals surface area contributed by atoms with E-state index in [9.17, 15) is 4.79 Å². The lowest BCUT2D eigenvalue weighted by Crippen LogP contribution is -2.51. The Morgan fingerprint density at radius 1 is 1.14 bits per heavy atom. The molecule has 1 aromatic heterocycles. The van der Waals surface area contributed by atoms with E-state index in [-0.39, 0.29) is 11.3 Å². The third-order valence-electron chi connectivity index (χ3n) is 5.98. The smallest absolute Gasteiger partial charge is 0.230 e. The molecule has 4 heteroatoms. The highest BCUT2D eigenvalue weighted by Gasteiger charge is 2.54. The molecular formula is C18H25N3O. The van der Waals surface area contributed by atoms with E-state index in [1.165, 1.54) is 19.3 Å². The predicted molar refractivity (Wildman–Crippen MR) is 87.8 cm³/mol. The monoisotopic (exact) mass is 299 g/mol. The summed E-state index contributed by atoms with van der Waals surface area (Å²) in [5, 5.41) is 3.15. The maximum Gasteiger partial charge on any atom is 0.230 e. The molecule has 4 nitrogen and oxygen atoms in total. The minimum Gasteiger partial charge on any atom is -0.363 e. The second-order valence-corrected chi connectivity index (χ2v) is 7.95. The molecule has 4 saturated carbocycles. The van der Waals surface area contributed by atoms with Crippen molar-refractivity contribution in [1.82, 2.24) is 4.98 Å². The van der Waals surface area contributed by atoms with Crippen LogP contribution >= 0.6 is 0 Å². The van der Waals surface area contributed by atoms with Crippen molar-refractivity contribution in [1.29, 1.82) is 0 Å². The fraction of sp³-hybridized carbons (Fsp3) is 0.667. The van der Waals surface area contributed by atoms with Crippen LogP contribution in [-0.2, 0) is 4.79 Å². The van der Waals surface area contributed by atoms with Crippen molar-refractivity contribution < 1.29 is 4.79 Å². The Morgan fingerprint density at radius 2 is 1.73 bits per heavy atom. The predicted octanol–water partition coefficient (Wildman–Crippen LogP) is 3.30. The number of rotatable bonds is 3. The van der Waals surface area contributed by atoms with E-state index in [0.29, 0.717) is 0 Å². The number of pyridine rings is 1. The Morgan fingerprint density at radius 3 is 2.18 bits per heavy atom. The van der Waals surface area contributed by atoms with Gasteiger partial charge in [0.2, 0.25) is 5.91 Å². The minimum absolute atomic E-state index is 0.0883. The first-order chi connectivity index (χ1) is 10.5. The van der Waals surface area contributed by atoms with Crippen LogP contribution in [0, 0.1) is 23.2 Å². The summed E-state index contributed by atoms with van der Waals surface area (Å²) < 4.78 is 0. The van der Waals surface area contributed by atoms with Crippen molar-refractivity contribution in [3.63, 3.8) is 0 Å². The molecule has 1 amide bonds. The number of hydrogen-bond acceptors (Lipinski definition) is 3. The maximum absolute atomic E-state index is 12.9. The molecule has 5 rings (SSSR count). The summed E-state index contributed by atoms with van der Waals surface area (Å²) in [6.45, 7) is 0. The largest absolute Gasteiger partial charge is 0.363 e. The van der Waals surface area contributed by atoms with E-state index in [1.54, 1.807) is 6.20 Å². The van der Waals surface area contributed by atoms with Gasteiger partial charge in [-0.25, -0.2) is 4.98 Å². The summed E-state index contributed by atoms with van der Waals surface area (Å²) >= 11 is 0. The molecule has 0 unspecified atom stereocenters. The molecule has 0 radical (unpaired) electrons. The molecule has 0 saturated heterocycles. The normalized spacial score (nSPS) is 35.5. The van der Waals surface area contributed by atoms with Gasteiger partial charge in [-0.15, -0.1) is 0 Å². The zero-order valence-electron chi connectivity index (χ0n) is 13.5. The van der Waals surface area contributed by atoms with E-state index in [4.69, 9.17) is 0 Å². The van der Waals surface area contributed by atoms with Crippen LogP contribution in [0.25, 0.3) is 0 Å². The molecule has 4 bridgehead atoms. The van der Waals surface area contributed by atoms with Crippen molar-refractivity contribution in [2.24, 2.45) is 23.2 Å². The van der Waals surface area contributed by atoms with E-state index in [0.717, 1.165) is 48.5 Å². The fourth-order valence-electron chi connectivity index (χ4n) is 5.38. The van der Waals surface area contributed by atoms with Gasteiger partial charge in [0.1, 0.15) is 5.82 Å². The van der Waals surface area contributed by atoms with Gasteiger partial charge in [0.25, 0.3) is 0 Å². The molecule has 0 aromatic carbocycles. The Bertz CT molecular complexity index is 543. The average Bonchev–Trinajstić information content (AvgIpc) is 2.46. The van der Waals surface area contributed by atoms with Crippen LogP contribution in [0.3, 0.4) is 0 Å². The molecule has 1 N–H and O–H groups in total. The molecule has 1 heterocycles. The first-order valence-corrected chi connectivity index (χ1v) is 8.49. The number of nitrogens with zero attached hydrogens (tertiary/aromatic N) is 2. The Hall–Kier alpha value is -1.58. The van der Waals surface area contributed by atoms with Gasteiger partial charge < -0.3 is 10.2 Å². The van der Waals surface area contributed by atoms with Gasteiger partial charge in [-0.1, -0.05) is 0 Å². The molecule has 4 aliphatic carbocycles. The number of carbonyl (C=O) groups is 1. The Kier molecular flexibility index (Phi) is 3.17. The summed E-state index contributed by atoms with van der Waals surface area (Å²) in [5.41, 5.74) is 0.737. The summed E-state index contributed by atoms with van der Waals surface area (Å²) in [7, 11) is 3.94. The highest BCUT2D eigenvalue weighted by Crippen LogP contribution is 2.60. The number of aromatic nitrogens is 1. The van der Waals surface area contributed by atoms with Crippen molar-refractivity contribution in [3.8, 4) is 0 Å². The lowest BCUT2D eigenvalue weighted by Gasteiger charge is -2.55. The van der Waals surface area contributed by atoms with Gasteiger partial charge in [0.15, 0.2) is 0 Å². The molecule has 4 aliphatic rings. The standard InChI is InChI=1S/C18H25N3O/c1-21(2)16-4-3-15(11-19-16)20-17(22)18-8-12-5-13(9-18)7-14(6-12)10-18/h3-4,11-14H,5-10H2,1-2H3,(H,20,22). The molecule has 0 atom stereocenters. The summed E-state index contributed by atoms with van der Waals surface area (Å²) in [4.78, 5) is 19.3. The Balaban J connectivity index is 1.50. The van der Waals surface area contributed by atoms with Crippen LogP contribution < -0.4 is 10.2 Å². The highest BCUT2D eigenvalue weighted by molar-refractivity contribution is 5.95. The molecule has 118 valence electrons. The third-order valence-corrected chi connectivity index (χ3v) is 5.98. The molecule has 1 aromatic rings. The first-order valence-electron chi connectivity index (χ1n) is 8.49. The van der Waals surface area contributed by atoms with Crippen molar-refractivity contribution >= 4 is 17.4 Å². The van der Waals surface area contributed by atoms with E-state index in [1.807, 2.05) is 31.1 Å². The molecule has 22 heavy (non-hydrogen) atoms. The van der Waals surface area contributed by atoms with Gasteiger partial charge >= 0.3 is 0 Å². The Labute approximate surface area is 132 Å². The number of amides is 1. The topological polar surface area (TPSA) is 45.2 Å². The van der Waals surface area contributed by atoms with Crippen molar-refractivity contribution in [2.75, 3.05) is 24.3 Å². The molecular weight excluding hydrogens is 274 g/mol. The van der Waals surface area contributed by atoms with E-state index < -0.39 is 0 Å². The van der Waals surface area contributed by atoms with Gasteiger partial charge in [-0.3, -0.25) is 4.79 Å². The van der Waals surface area contributed by atoms with Gasteiger partial charge in [-0.05, 0) is 68.4 Å². The van der Waals surface area contributed by atoms with E-state index >= 15 is 0 Å². The SMILES string of the molecule is CN(C)c1ccc(NC(=O)C23CC4CC(CC(C4)C2)C3)cn1. The van der Waals surface area contributed by atoms with Crippen LogP contribution in [0.15, 0.2) is 18.3 Å². The summed E-state index contributed by atoms with van der Waals surface area (Å²) in [5.74, 6) is 3.54. The number of carbonyl (C=O) groups excluding carboxylic acids is 1. The molecule has 0 aliphatic heterocycles. The van der Waals surface area contributed by atoms with Crippen molar-refractivity contribution in [2.45, 2.75) is 38.5 Å². The maximum atomic E-state index is 12.9. The van der Waals surface area contributed by atoms with Crippen LogP contribution in [0.1, 0.15) is 38.5 Å². The minimum atomic E-state index is -0.0883. The van der Waals surface area contributed by atoms with Crippen LogP contribution in [0.4, 0.5) is 11.5 Å². The zero-order chi connectivity index (χ0) is 15.3. The molecule has 4 fully saturated rings.